The molecule has 6 nitrogen and oxygen atoms in total. The van der Waals surface area contributed by atoms with Gasteiger partial charge in [0.1, 0.15) is 5.82 Å². The van der Waals surface area contributed by atoms with Crippen molar-refractivity contribution in [1.82, 2.24) is 9.55 Å². The lowest BCUT2D eigenvalue weighted by Gasteiger charge is -2.13. The molecule has 0 bridgehead atoms. The third-order valence-electron chi connectivity index (χ3n) is 2.28. The topological polar surface area (TPSA) is 90.1 Å². The van der Waals surface area contributed by atoms with Gasteiger partial charge in [-0.3, -0.25) is 14.3 Å². The van der Waals surface area contributed by atoms with E-state index < -0.39 is 11.2 Å². The van der Waals surface area contributed by atoms with Crippen LogP contribution in [-0.4, -0.2) is 22.8 Å². The van der Waals surface area contributed by atoms with Gasteiger partial charge >= 0.3 is 5.69 Å². The highest BCUT2D eigenvalue weighted by atomic mass is 16.5. The molecule has 1 aliphatic heterocycles. The molecule has 1 atom stereocenters. The Hall–Kier alpha value is -1.56. The van der Waals surface area contributed by atoms with Crippen LogP contribution in [0, 0.1) is 0 Å². The van der Waals surface area contributed by atoms with E-state index in [-0.39, 0.29) is 11.9 Å². The summed E-state index contributed by atoms with van der Waals surface area (Å²) in [6.07, 6.45) is 0.746. The smallest absolute Gasteiger partial charge is 0.330 e. The summed E-state index contributed by atoms with van der Waals surface area (Å²) in [4.78, 5) is 24.5. The van der Waals surface area contributed by atoms with Crippen LogP contribution in [0.1, 0.15) is 12.5 Å². The molecule has 1 aliphatic rings. The van der Waals surface area contributed by atoms with Gasteiger partial charge in [-0.15, -0.1) is 0 Å². The van der Waals surface area contributed by atoms with Gasteiger partial charge in [0.05, 0.1) is 12.6 Å². The van der Waals surface area contributed by atoms with Gasteiger partial charge in [0.25, 0.3) is 5.56 Å². The predicted molar refractivity (Wildman–Crippen MR) is 50.2 cm³/mol. The average molecular weight is 197 g/mol. The standard InChI is InChI=1S/C8H11N3O3/c9-6-3-7(12)10-8(13)11(6)5-1-2-14-4-5/h3,5H,1-2,4,9H2,(H,10,12,13). The van der Waals surface area contributed by atoms with Crippen LogP contribution in [0.4, 0.5) is 5.82 Å². The summed E-state index contributed by atoms with van der Waals surface area (Å²) in [6, 6.07) is 1.15. The van der Waals surface area contributed by atoms with Gasteiger partial charge in [-0.2, -0.15) is 0 Å². The summed E-state index contributed by atoms with van der Waals surface area (Å²) in [5, 5.41) is 0. The maximum atomic E-state index is 11.4. The average Bonchev–Trinajstić information content (AvgIpc) is 2.54. The first-order chi connectivity index (χ1) is 6.68. The molecule has 0 radical (unpaired) electrons. The van der Waals surface area contributed by atoms with Crippen LogP contribution in [0.25, 0.3) is 0 Å². The number of nitrogens with one attached hydrogen (secondary N) is 1. The molecule has 1 unspecified atom stereocenters. The molecule has 0 aromatic carbocycles. The molecule has 0 aliphatic carbocycles. The summed E-state index contributed by atoms with van der Waals surface area (Å²) in [5.41, 5.74) is 4.65. The van der Waals surface area contributed by atoms with Crippen LogP contribution in [0.2, 0.25) is 0 Å². The molecule has 1 aromatic heterocycles. The van der Waals surface area contributed by atoms with Gasteiger partial charge in [-0.25, -0.2) is 4.79 Å². The largest absolute Gasteiger partial charge is 0.385 e. The Morgan fingerprint density at radius 3 is 2.93 bits per heavy atom. The monoisotopic (exact) mass is 197 g/mol. The fourth-order valence-corrected chi connectivity index (χ4v) is 1.63. The fraction of sp³-hybridized carbons (Fsp3) is 0.500. The third-order valence-corrected chi connectivity index (χ3v) is 2.28. The highest BCUT2D eigenvalue weighted by molar-refractivity contribution is 5.27. The van der Waals surface area contributed by atoms with Crippen LogP contribution >= 0.6 is 0 Å². The number of nitrogen functional groups attached to an aromatic ring is 1. The van der Waals surface area contributed by atoms with Gasteiger partial charge < -0.3 is 10.5 Å². The van der Waals surface area contributed by atoms with Gasteiger partial charge in [0.2, 0.25) is 0 Å². The normalized spacial score (nSPS) is 21.3. The molecule has 1 aromatic rings. The molecule has 0 saturated carbocycles. The molecule has 6 heteroatoms. The Morgan fingerprint density at radius 2 is 2.36 bits per heavy atom. The number of rotatable bonds is 1. The van der Waals surface area contributed by atoms with Crippen molar-refractivity contribution in [1.29, 1.82) is 0 Å². The highest BCUT2D eigenvalue weighted by Crippen LogP contribution is 2.18. The van der Waals surface area contributed by atoms with Crippen molar-refractivity contribution < 1.29 is 4.74 Å². The third kappa shape index (κ3) is 1.44. The molecule has 0 spiro atoms. The molecule has 1 fully saturated rings. The van der Waals surface area contributed by atoms with Crippen molar-refractivity contribution in [3.63, 3.8) is 0 Å². The Balaban J connectivity index is 2.51. The summed E-state index contributed by atoms with van der Waals surface area (Å²) in [5.74, 6) is 0.189. The lowest BCUT2D eigenvalue weighted by Crippen LogP contribution is -2.34. The SMILES string of the molecule is Nc1cc(=O)[nH]c(=O)n1C1CCOC1. The summed E-state index contributed by atoms with van der Waals surface area (Å²) in [6.45, 7) is 1.09. The van der Waals surface area contributed by atoms with E-state index >= 15 is 0 Å². The number of aromatic nitrogens is 2. The van der Waals surface area contributed by atoms with Crippen molar-refractivity contribution in [2.75, 3.05) is 18.9 Å². The number of hydrogen-bond donors (Lipinski definition) is 2. The van der Waals surface area contributed by atoms with E-state index in [0.29, 0.717) is 13.2 Å². The number of anilines is 1. The number of aromatic amines is 1. The number of H-pyrrole nitrogens is 1. The van der Waals surface area contributed by atoms with Crippen molar-refractivity contribution >= 4 is 5.82 Å². The zero-order valence-electron chi connectivity index (χ0n) is 7.53. The fourth-order valence-electron chi connectivity index (χ4n) is 1.63. The van der Waals surface area contributed by atoms with Crippen molar-refractivity contribution in [3.8, 4) is 0 Å². The number of nitrogens with zero attached hydrogens (tertiary/aromatic N) is 1. The highest BCUT2D eigenvalue weighted by Gasteiger charge is 2.20. The maximum absolute atomic E-state index is 11.4. The molecule has 2 rings (SSSR count). The van der Waals surface area contributed by atoms with Crippen LogP contribution < -0.4 is 17.0 Å². The van der Waals surface area contributed by atoms with E-state index in [9.17, 15) is 9.59 Å². The quantitative estimate of drug-likeness (QED) is 0.609. The zero-order chi connectivity index (χ0) is 10.1. The summed E-state index contributed by atoms with van der Waals surface area (Å²) in [7, 11) is 0. The van der Waals surface area contributed by atoms with Gasteiger partial charge in [0, 0.05) is 12.7 Å². The van der Waals surface area contributed by atoms with E-state index in [4.69, 9.17) is 10.5 Å². The Labute approximate surface area is 79.3 Å². The second kappa shape index (κ2) is 3.30. The first-order valence-electron chi connectivity index (χ1n) is 4.37. The van der Waals surface area contributed by atoms with Gasteiger partial charge in [-0.05, 0) is 6.42 Å². The Bertz CT molecular complexity index is 442. The first kappa shape index (κ1) is 9.01. The molecular weight excluding hydrogens is 186 g/mol. The molecule has 2 heterocycles. The molecule has 3 N–H and O–H groups in total. The number of ether oxygens (including phenoxy) is 1. The molecule has 14 heavy (non-hydrogen) atoms. The van der Waals surface area contributed by atoms with Crippen LogP contribution in [0.15, 0.2) is 15.7 Å². The lowest BCUT2D eigenvalue weighted by molar-refractivity contribution is 0.186. The minimum Gasteiger partial charge on any atom is -0.385 e. The summed E-state index contributed by atoms with van der Waals surface area (Å²) < 4.78 is 6.51. The Morgan fingerprint density at radius 1 is 1.57 bits per heavy atom. The van der Waals surface area contributed by atoms with Crippen molar-refractivity contribution in [3.05, 3.63) is 26.9 Å². The van der Waals surface area contributed by atoms with Crippen LogP contribution in [0.5, 0.6) is 0 Å². The second-order valence-electron chi connectivity index (χ2n) is 3.25. The molecule has 1 saturated heterocycles. The van der Waals surface area contributed by atoms with E-state index in [0.717, 1.165) is 6.42 Å². The second-order valence-corrected chi connectivity index (χ2v) is 3.25. The number of hydrogen-bond acceptors (Lipinski definition) is 4. The van der Waals surface area contributed by atoms with E-state index in [2.05, 4.69) is 4.98 Å². The maximum Gasteiger partial charge on any atom is 0.330 e. The van der Waals surface area contributed by atoms with Gasteiger partial charge in [0.15, 0.2) is 0 Å². The Kier molecular flexibility index (Phi) is 2.12. The first-order valence-corrected chi connectivity index (χ1v) is 4.37. The van der Waals surface area contributed by atoms with Gasteiger partial charge in [-0.1, -0.05) is 0 Å². The van der Waals surface area contributed by atoms with Crippen molar-refractivity contribution in [2.24, 2.45) is 0 Å². The van der Waals surface area contributed by atoms with E-state index in [1.165, 1.54) is 10.6 Å². The zero-order valence-corrected chi connectivity index (χ0v) is 7.53. The predicted octanol–water partition coefficient (Wildman–Crippen LogP) is -0.920. The van der Waals surface area contributed by atoms with Crippen LogP contribution in [0.3, 0.4) is 0 Å². The molecule has 76 valence electrons. The number of nitrogens with two attached hydrogens (primary N) is 1. The minimum absolute atomic E-state index is 0.0562. The lowest BCUT2D eigenvalue weighted by atomic mass is 10.2. The summed E-state index contributed by atoms with van der Waals surface area (Å²) >= 11 is 0. The van der Waals surface area contributed by atoms with E-state index in [1.54, 1.807) is 0 Å². The van der Waals surface area contributed by atoms with Crippen molar-refractivity contribution in [2.45, 2.75) is 12.5 Å². The van der Waals surface area contributed by atoms with Crippen LogP contribution in [-0.2, 0) is 4.74 Å². The molecule has 0 amide bonds. The molecular formula is C8H11N3O3. The van der Waals surface area contributed by atoms with E-state index in [1.807, 2.05) is 0 Å². The minimum atomic E-state index is -0.470.